The smallest absolute Gasteiger partial charge is 0.256 e. The molecule has 108 valence electrons. The van der Waals surface area contributed by atoms with Gasteiger partial charge in [0.05, 0.1) is 10.6 Å². The van der Waals surface area contributed by atoms with E-state index in [-0.39, 0.29) is 16.9 Å². The molecule has 2 N–H and O–H groups in total. The van der Waals surface area contributed by atoms with Gasteiger partial charge in [0.2, 0.25) is 0 Å². The van der Waals surface area contributed by atoms with Crippen molar-refractivity contribution in [3.63, 3.8) is 0 Å². The fourth-order valence-electron chi connectivity index (χ4n) is 2.28. The van der Waals surface area contributed by atoms with E-state index < -0.39 is 5.82 Å². The largest absolute Gasteiger partial charge is 0.393 e. The maximum atomic E-state index is 13.7. The molecule has 6 heteroatoms. The van der Waals surface area contributed by atoms with E-state index in [1.54, 1.807) is 4.90 Å². The molecule has 1 heterocycles. The Hall–Kier alpha value is -1.20. The van der Waals surface area contributed by atoms with Gasteiger partial charge in [0.25, 0.3) is 5.91 Å². The lowest BCUT2D eigenvalue weighted by molar-refractivity contribution is 0.0665. The quantitative estimate of drug-likeness (QED) is 0.854. The predicted octanol–water partition coefficient (Wildman–Crippen LogP) is 3.01. The van der Waals surface area contributed by atoms with Crippen LogP contribution >= 0.6 is 23.8 Å². The number of benzene rings is 1. The van der Waals surface area contributed by atoms with Crippen molar-refractivity contribution in [2.75, 3.05) is 13.1 Å². The number of piperidine rings is 1. The Morgan fingerprint density at radius 1 is 1.45 bits per heavy atom. The number of carbonyl (C=O) groups is 1. The molecule has 0 spiro atoms. The molecule has 2 rings (SSSR count). The van der Waals surface area contributed by atoms with E-state index in [0.717, 1.165) is 0 Å². The van der Waals surface area contributed by atoms with Crippen molar-refractivity contribution in [2.45, 2.75) is 19.8 Å². The molecule has 0 atom stereocenters. The Labute approximate surface area is 127 Å². The first-order valence-electron chi connectivity index (χ1n) is 6.38. The molecule has 1 aliphatic rings. The van der Waals surface area contributed by atoms with Gasteiger partial charge in [-0.1, -0.05) is 30.7 Å². The molecular formula is C14H16ClFN2OS. The first-order chi connectivity index (χ1) is 9.33. The van der Waals surface area contributed by atoms with E-state index in [4.69, 9.17) is 29.6 Å². The summed E-state index contributed by atoms with van der Waals surface area (Å²) in [6, 6.07) is 3.99. The maximum Gasteiger partial charge on any atom is 0.256 e. The van der Waals surface area contributed by atoms with Crippen LogP contribution in [0.2, 0.25) is 5.02 Å². The summed E-state index contributed by atoms with van der Waals surface area (Å²) in [7, 11) is 0. The van der Waals surface area contributed by atoms with Gasteiger partial charge in [-0.2, -0.15) is 0 Å². The number of halogens is 2. The summed E-state index contributed by atoms with van der Waals surface area (Å²) < 4.78 is 13.7. The van der Waals surface area contributed by atoms with Gasteiger partial charge in [-0.3, -0.25) is 4.79 Å². The van der Waals surface area contributed by atoms with Crippen molar-refractivity contribution in [1.29, 1.82) is 0 Å². The van der Waals surface area contributed by atoms with E-state index in [1.165, 1.54) is 18.2 Å². The number of nitrogens with zero attached hydrogens (tertiary/aromatic N) is 1. The molecule has 3 nitrogen and oxygen atoms in total. The highest BCUT2D eigenvalue weighted by atomic mass is 35.5. The first kappa shape index (κ1) is 15.2. The predicted molar refractivity (Wildman–Crippen MR) is 81.4 cm³/mol. The van der Waals surface area contributed by atoms with Gasteiger partial charge in [0.1, 0.15) is 5.82 Å². The Bertz CT molecular complexity index is 556. The topological polar surface area (TPSA) is 46.3 Å². The van der Waals surface area contributed by atoms with Gasteiger partial charge >= 0.3 is 0 Å². The van der Waals surface area contributed by atoms with Crippen LogP contribution in [0.25, 0.3) is 0 Å². The zero-order chi connectivity index (χ0) is 14.9. The lowest BCUT2D eigenvalue weighted by Gasteiger charge is -2.38. The van der Waals surface area contributed by atoms with Crippen molar-refractivity contribution in [2.24, 2.45) is 11.1 Å². The van der Waals surface area contributed by atoms with Crippen molar-refractivity contribution in [3.05, 3.63) is 34.6 Å². The third-order valence-electron chi connectivity index (χ3n) is 3.91. The number of nitrogens with two attached hydrogens (primary N) is 1. The van der Waals surface area contributed by atoms with E-state index in [2.05, 4.69) is 0 Å². The number of hydrogen-bond donors (Lipinski definition) is 1. The molecular weight excluding hydrogens is 299 g/mol. The highest BCUT2D eigenvalue weighted by Gasteiger charge is 2.34. The minimum Gasteiger partial charge on any atom is -0.393 e. The van der Waals surface area contributed by atoms with Gasteiger partial charge in [-0.15, -0.1) is 0 Å². The summed E-state index contributed by atoms with van der Waals surface area (Å²) in [5.41, 5.74) is 5.52. The standard InChI is InChI=1S/C14H16ClFN2OS/c1-14(13(17)20)4-6-18(7-5-14)12(19)10-8-9(15)2-3-11(10)16/h2-3,8H,4-7H2,1H3,(H2,17,20). The summed E-state index contributed by atoms with van der Waals surface area (Å²) >= 11 is 10.9. The van der Waals surface area contributed by atoms with Crippen molar-refractivity contribution in [1.82, 2.24) is 4.90 Å². The lowest BCUT2D eigenvalue weighted by atomic mass is 9.80. The second-order valence-electron chi connectivity index (χ2n) is 5.34. The van der Waals surface area contributed by atoms with Gasteiger partial charge in [-0.25, -0.2) is 4.39 Å². The number of rotatable bonds is 2. The minimum absolute atomic E-state index is 0.0106. The van der Waals surface area contributed by atoms with Gasteiger partial charge in [0, 0.05) is 23.5 Å². The van der Waals surface area contributed by atoms with Crippen LogP contribution in [-0.4, -0.2) is 28.9 Å². The molecule has 1 aliphatic heterocycles. The Morgan fingerprint density at radius 3 is 2.60 bits per heavy atom. The van der Waals surface area contributed by atoms with Crippen molar-refractivity contribution in [3.8, 4) is 0 Å². The molecule has 1 aromatic carbocycles. The summed E-state index contributed by atoms with van der Waals surface area (Å²) in [4.78, 5) is 14.4. The Balaban J connectivity index is 2.13. The summed E-state index contributed by atoms with van der Waals surface area (Å²) in [5, 5.41) is 0.347. The minimum atomic E-state index is -0.554. The molecule has 20 heavy (non-hydrogen) atoms. The SMILES string of the molecule is CC1(C(N)=S)CCN(C(=O)c2cc(Cl)ccc2F)CC1. The Kier molecular flexibility index (Phi) is 4.30. The second kappa shape index (κ2) is 5.66. The number of hydrogen-bond acceptors (Lipinski definition) is 2. The molecule has 1 fully saturated rings. The van der Waals surface area contributed by atoms with Gasteiger partial charge in [-0.05, 0) is 31.0 Å². The van der Waals surface area contributed by atoms with Crippen LogP contribution in [0.5, 0.6) is 0 Å². The molecule has 0 aliphatic carbocycles. The van der Waals surface area contributed by atoms with E-state index in [9.17, 15) is 9.18 Å². The monoisotopic (exact) mass is 314 g/mol. The van der Waals surface area contributed by atoms with Crippen LogP contribution in [0, 0.1) is 11.2 Å². The fraction of sp³-hybridized carbons (Fsp3) is 0.429. The summed E-state index contributed by atoms with van der Waals surface area (Å²) in [6.07, 6.45) is 1.38. The van der Waals surface area contributed by atoms with Gasteiger partial charge in [0.15, 0.2) is 0 Å². The molecule has 0 saturated carbocycles. The molecule has 1 amide bonds. The van der Waals surface area contributed by atoms with E-state index in [0.29, 0.717) is 35.9 Å². The van der Waals surface area contributed by atoms with E-state index in [1.807, 2.05) is 6.92 Å². The number of carbonyl (C=O) groups excluding carboxylic acids is 1. The van der Waals surface area contributed by atoms with Crippen LogP contribution in [0.4, 0.5) is 4.39 Å². The van der Waals surface area contributed by atoms with Crippen LogP contribution < -0.4 is 5.73 Å². The molecule has 0 unspecified atom stereocenters. The van der Waals surface area contributed by atoms with Crippen LogP contribution in [-0.2, 0) is 0 Å². The average Bonchev–Trinajstić information content (AvgIpc) is 2.41. The zero-order valence-electron chi connectivity index (χ0n) is 11.2. The molecule has 0 radical (unpaired) electrons. The molecule has 1 aromatic rings. The highest BCUT2D eigenvalue weighted by molar-refractivity contribution is 7.80. The molecule has 0 bridgehead atoms. The number of amides is 1. The van der Waals surface area contributed by atoms with Crippen molar-refractivity contribution >= 4 is 34.7 Å². The lowest BCUT2D eigenvalue weighted by Crippen LogP contribution is -2.46. The Morgan fingerprint density at radius 2 is 2.05 bits per heavy atom. The number of likely N-dealkylation sites (tertiary alicyclic amines) is 1. The van der Waals surface area contributed by atoms with Crippen LogP contribution in [0.1, 0.15) is 30.1 Å². The summed E-state index contributed by atoms with van der Waals surface area (Å²) in [6.45, 7) is 3.02. The van der Waals surface area contributed by atoms with Crippen LogP contribution in [0.3, 0.4) is 0 Å². The number of thiocarbonyl (C=S) groups is 1. The van der Waals surface area contributed by atoms with Gasteiger partial charge < -0.3 is 10.6 Å². The zero-order valence-corrected chi connectivity index (χ0v) is 12.7. The second-order valence-corrected chi connectivity index (χ2v) is 6.22. The highest BCUT2D eigenvalue weighted by Crippen LogP contribution is 2.32. The molecule has 1 saturated heterocycles. The van der Waals surface area contributed by atoms with Crippen LogP contribution in [0.15, 0.2) is 18.2 Å². The first-order valence-corrected chi connectivity index (χ1v) is 7.16. The average molecular weight is 315 g/mol. The third kappa shape index (κ3) is 2.94. The third-order valence-corrected chi connectivity index (χ3v) is 4.64. The normalized spacial score (nSPS) is 17.9. The molecule has 0 aromatic heterocycles. The van der Waals surface area contributed by atoms with Crippen molar-refractivity contribution < 1.29 is 9.18 Å². The fourth-order valence-corrected chi connectivity index (χ4v) is 2.66. The van der Waals surface area contributed by atoms with E-state index >= 15 is 0 Å². The summed E-state index contributed by atoms with van der Waals surface area (Å²) in [5.74, 6) is -0.892. The maximum absolute atomic E-state index is 13.7.